The second-order valence-electron chi connectivity index (χ2n) is 7.87. The van der Waals surface area contributed by atoms with Gasteiger partial charge in [-0.25, -0.2) is 8.78 Å². The second-order valence-corrected chi connectivity index (χ2v) is 7.87. The number of nitrogens with zero attached hydrogens (tertiary/aromatic N) is 1. The molecule has 0 spiro atoms. The second kappa shape index (κ2) is 18.3. The van der Waals surface area contributed by atoms with Crippen molar-refractivity contribution in [2.75, 3.05) is 34.4 Å². The van der Waals surface area contributed by atoms with Crippen LogP contribution in [0.3, 0.4) is 0 Å². The number of carbonyl (C=O) groups excluding carboxylic acids is 2. The molecule has 2 unspecified atom stereocenters. The summed E-state index contributed by atoms with van der Waals surface area (Å²) >= 11 is 0. The smallest absolute Gasteiger partial charge is 0.251 e. The SMILES string of the molecule is C=O.CC.CN1CC2CCCCC2C1.COc1ccccc1OC.NC(=O)c1cc(F)ccc1F. The van der Waals surface area contributed by atoms with Crippen LogP contribution in [0.1, 0.15) is 49.9 Å². The van der Waals surface area contributed by atoms with Gasteiger partial charge in [0.2, 0.25) is 0 Å². The fraction of sp³-hybridized carbons (Fsp3) is 0.481. The summed E-state index contributed by atoms with van der Waals surface area (Å²) in [5, 5.41) is 0. The summed E-state index contributed by atoms with van der Waals surface area (Å²) < 4.78 is 34.9. The van der Waals surface area contributed by atoms with E-state index in [0.29, 0.717) is 0 Å². The van der Waals surface area contributed by atoms with Crippen LogP contribution in [-0.2, 0) is 4.79 Å². The van der Waals surface area contributed by atoms with Crippen LogP contribution in [-0.4, -0.2) is 52.0 Å². The van der Waals surface area contributed by atoms with Gasteiger partial charge in [0, 0.05) is 13.1 Å². The summed E-state index contributed by atoms with van der Waals surface area (Å²) in [4.78, 5) is 20.9. The maximum absolute atomic E-state index is 12.6. The molecule has 4 rings (SSSR count). The van der Waals surface area contributed by atoms with Gasteiger partial charge in [-0.2, -0.15) is 0 Å². The largest absolute Gasteiger partial charge is 0.493 e. The average molecular weight is 495 g/mol. The Labute approximate surface area is 208 Å². The summed E-state index contributed by atoms with van der Waals surface area (Å²) in [6.45, 7) is 8.76. The summed E-state index contributed by atoms with van der Waals surface area (Å²) in [5.74, 6) is 1.22. The number of primary amides is 1. The number of halogens is 2. The van der Waals surface area contributed by atoms with Crippen LogP contribution in [0, 0.1) is 23.5 Å². The van der Waals surface area contributed by atoms with Gasteiger partial charge in [-0.3, -0.25) is 4.79 Å². The predicted octanol–water partition coefficient (Wildman–Crippen LogP) is 5.35. The summed E-state index contributed by atoms with van der Waals surface area (Å²) in [7, 11) is 5.51. The van der Waals surface area contributed by atoms with E-state index in [0.717, 1.165) is 41.5 Å². The van der Waals surface area contributed by atoms with E-state index in [1.54, 1.807) is 14.2 Å². The van der Waals surface area contributed by atoms with Crippen molar-refractivity contribution in [1.29, 1.82) is 0 Å². The van der Waals surface area contributed by atoms with Crippen molar-refractivity contribution < 1.29 is 27.8 Å². The number of amides is 1. The van der Waals surface area contributed by atoms with Crippen LogP contribution < -0.4 is 15.2 Å². The molecule has 2 aliphatic rings. The fourth-order valence-corrected chi connectivity index (χ4v) is 4.11. The maximum atomic E-state index is 12.6. The molecule has 8 heteroatoms. The number of nitrogens with two attached hydrogens (primary N) is 1. The number of hydrogen-bond acceptors (Lipinski definition) is 5. The lowest BCUT2D eigenvalue weighted by atomic mass is 9.82. The van der Waals surface area contributed by atoms with Gasteiger partial charge in [-0.05, 0) is 62.1 Å². The number of ether oxygens (including phenoxy) is 2. The first-order valence-corrected chi connectivity index (χ1v) is 11.7. The van der Waals surface area contributed by atoms with Crippen molar-refractivity contribution in [3.63, 3.8) is 0 Å². The number of benzene rings is 2. The predicted molar refractivity (Wildman–Crippen MR) is 136 cm³/mol. The van der Waals surface area contributed by atoms with E-state index in [1.807, 2.05) is 44.9 Å². The lowest BCUT2D eigenvalue weighted by Crippen LogP contribution is -2.16. The highest BCUT2D eigenvalue weighted by molar-refractivity contribution is 5.92. The number of fused-ring (bicyclic) bond motifs is 1. The molecule has 6 nitrogen and oxygen atoms in total. The van der Waals surface area contributed by atoms with E-state index in [-0.39, 0.29) is 0 Å². The highest BCUT2D eigenvalue weighted by Gasteiger charge is 2.32. The van der Waals surface area contributed by atoms with E-state index in [9.17, 15) is 13.6 Å². The Hall–Kier alpha value is -3.00. The zero-order valence-corrected chi connectivity index (χ0v) is 21.6. The first-order valence-electron chi connectivity index (χ1n) is 11.7. The molecule has 35 heavy (non-hydrogen) atoms. The van der Waals surface area contributed by atoms with Crippen LogP contribution >= 0.6 is 0 Å². The van der Waals surface area contributed by atoms with Gasteiger partial charge in [0.05, 0.1) is 19.8 Å². The van der Waals surface area contributed by atoms with Gasteiger partial charge in [0.1, 0.15) is 18.4 Å². The minimum atomic E-state index is -0.970. The summed E-state index contributed by atoms with van der Waals surface area (Å²) in [5.41, 5.74) is 4.31. The van der Waals surface area contributed by atoms with Gasteiger partial charge in [-0.1, -0.05) is 38.8 Å². The van der Waals surface area contributed by atoms with E-state index >= 15 is 0 Å². The Balaban J connectivity index is 0.000000462. The van der Waals surface area contributed by atoms with E-state index in [2.05, 4.69) is 11.9 Å². The van der Waals surface area contributed by atoms with Crippen molar-refractivity contribution in [2.45, 2.75) is 39.5 Å². The first-order chi connectivity index (χ1) is 16.8. The number of methoxy groups -OCH3 is 2. The molecule has 2 fully saturated rings. The van der Waals surface area contributed by atoms with Crippen molar-refractivity contribution in [3.05, 3.63) is 59.7 Å². The van der Waals surface area contributed by atoms with Crippen LogP contribution in [0.25, 0.3) is 0 Å². The molecule has 0 bridgehead atoms. The van der Waals surface area contributed by atoms with Crippen molar-refractivity contribution in [2.24, 2.45) is 17.6 Å². The van der Waals surface area contributed by atoms with Gasteiger partial charge in [-0.15, -0.1) is 0 Å². The topological polar surface area (TPSA) is 81.9 Å². The Morgan fingerprint density at radius 3 is 1.77 bits per heavy atom. The molecule has 196 valence electrons. The molecule has 1 aliphatic heterocycles. The van der Waals surface area contributed by atoms with Crippen LogP contribution in [0.2, 0.25) is 0 Å². The van der Waals surface area contributed by atoms with Crippen molar-refractivity contribution >= 4 is 12.7 Å². The number of likely N-dealkylation sites (tertiary alicyclic amines) is 1. The Morgan fingerprint density at radius 1 is 0.943 bits per heavy atom. The first kappa shape index (κ1) is 32.0. The maximum Gasteiger partial charge on any atom is 0.251 e. The van der Waals surface area contributed by atoms with Gasteiger partial charge >= 0.3 is 0 Å². The zero-order valence-electron chi connectivity index (χ0n) is 21.6. The Bertz CT molecular complexity index is 830. The molecule has 1 heterocycles. The molecule has 2 aromatic carbocycles. The number of hydrogen-bond donors (Lipinski definition) is 1. The average Bonchev–Trinajstić information content (AvgIpc) is 3.28. The van der Waals surface area contributed by atoms with Crippen molar-refractivity contribution in [1.82, 2.24) is 4.90 Å². The van der Waals surface area contributed by atoms with Crippen LogP contribution in [0.15, 0.2) is 42.5 Å². The molecular weight excluding hydrogens is 454 g/mol. The third-order valence-corrected chi connectivity index (χ3v) is 5.64. The molecule has 2 N–H and O–H groups in total. The van der Waals surface area contributed by atoms with E-state index < -0.39 is 23.1 Å². The fourth-order valence-electron chi connectivity index (χ4n) is 4.11. The van der Waals surface area contributed by atoms with Crippen molar-refractivity contribution in [3.8, 4) is 11.5 Å². The molecule has 1 saturated carbocycles. The number of rotatable bonds is 3. The number of carbonyl (C=O) groups is 2. The molecule has 1 saturated heterocycles. The summed E-state index contributed by atoms with van der Waals surface area (Å²) in [6, 6.07) is 10.1. The standard InChI is InChI=1S/C9H17N.C8H10O2.C7H5F2NO.C2H6.CH2O/c1-10-6-8-4-2-3-5-9(8)7-10;1-9-7-5-3-4-6-8(7)10-2;8-4-1-2-6(9)5(3-4)7(10)11;2*1-2/h8-9H,2-7H2,1H3;3-6H,1-2H3;1-3H,(H2,10,11);1-2H3;1H2. The third-order valence-electron chi connectivity index (χ3n) is 5.64. The third kappa shape index (κ3) is 11.3. The molecule has 1 amide bonds. The molecule has 1 aliphatic carbocycles. The van der Waals surface area contributed by atoms with Gasteiger partial charge < -0.3 is 24.9 Å². The van der Waals surface area contributed by atoms with Gasteiger partial charge in [0.15, 0.2) is 11.5 Å². The lowest BCUT2D eigenvalue weighted by Gasteiger charge is -2.23. The van der Waals surface area contributed by atoms with Gasteiger partial charge in [0.25, 0.3) is 5.91 Å². The Kier molecular flexibility index (Phi) is 16.8. The zero-order chi connectivity index (χ0) is 26.8. The van der Waals surface area contributed by atoms with Crippen LogP contribution in [0.5, 0.6) is 11.5 Å². The van der Waals surface area contributed by atoms with E-state index in [4.69, 9.17) is 20.0 Å². The molecular formula is C27H40F2N2O4. The minimum absolute atomic E-state index is 0.426. The monoisotopic (exact) mass is 494 g/mol. The summed E-state index contributed by atoms with van der Waals surface area (Å²) in [6.07, 6.45) is 6.01. The highest BCUT2D eigenvalue weighted by atomic mass is 19.1. The molecule has 0 radical (unpaired) electrons. The molecule has 2 atom stereocenters. The molecule has 0 aromatic heterocycles. The quantitative estimate of drug-likeness (QED) is 0.622. The lowest BCUT2D eigenvalue weighted by molar-refractivity contribution is -0.0980. The Morgan fingerprint density at radius 2 is 1.40 bits per heavy atom. The number of para-hydroxylation sites is 2. The molecule has 2 aromatic rings. The minimum Gasteiger partial charge on any atom is -0.493 e. The van der Waals surface area contributed by atoms with E-state index in [1.165, 1.54) is 38.8 Å². The highest BCUT2D eigenvalue weighted by Crippen LogP contribution is 2.35. The normalized spacial score (nSPS) is 17.8. The van der Waals surface area contributed by atoms with Crippen LogP contribution in [0.4, 0.5) is 8.78 Å².